The molecule has 2 N–H and O–H groups in total. The maximum atomic E-state index is 5.99. The molecule has 1 aliphatic carbocycles. The fourth-order valence-electron chi connectivity index (χ4n) is 4.12. The van der Waals surface area contributed by atoms with Gasteiger partial charge in [-0.05, 0) is 55.7 Å². The van der Waals surface area contributed by atoms with Crippen LogP contribution in [0.4, 0.5) is 5.69 Å². The molecule has 0 amide bonds. The third-order valence-electron chi connectivity index (χ3n) is 5.58. The van der Waals surface area contributed by atoms with Gasteiger partial charge in [0.1, 0.15) is 0 Å². The van der Waals surface area contributed by atoms with Crippen LogP contribution in [0.5, 0.6) is 0 Å². The van der Waals surface area contributed by atoms with E-state index in [9.17, 15) is 0 Å². The summed E-state index contributed by atoms with van der Waals surface area (Å²) in [5.74, 6) is 0. The van der Waals surface area contributed by atoms with E-state index in [0.717, 1.165) is 4.47 Å². The van der Waals surface area contributed by atoms with Crippen molar-refractivity contribution in [2.75, 3.05) is 18.0 Å². The van der Waals surface area contributed by atoms with Crippen LogP contribution < -0.4 is 10.6 Å². The molecule has 3 rings (SSSR count). The predicted octanol–water partition coefficient (Wildman–Crippen LogP) is 5.02. The lowest BCUT2D eigenvalue weighted by atomic mass is 9.68. The minimum absolute atomic E-state index is 0.0836. The quantitative estimate of drug-likeness (QED) is 0.811. The van der Waals surface area contributed by atoms with Crippen LogP contribution in [0.2, 0.25) is 0 Å². The number of nitrogens with zero attached hydrogens (tertiary/aromatic N) is 1. The topological polar surface area (TPSA) is 29.3 Å². The summed E-state index contributed by atoms with van der Waals surface area (Å²) < 4.78 is 1.15. The van der Waals surface area contributed by atoms with Gasteiger partial charge in [0.15, 0.2) is 0 Å². The highest BCUT2D eigenvalue weighted by Gasteiger charge is 2.35. The van der Waals surface area contributed by atoms with E-state index in [1.54, 1.807) is 0 Å². The molecule has 1 atom stereocenters. The zero-order chi connectivity index (χ0) is 14.9. The number of hydrogen-bond acceptors (Lipinski definition) is 2. The Kier molecular flexibility index (Phi) is 4.60. The Balaban J connectivity index is 1.68. The number of nitrogens with two attached hydrogens (primary N) is 1. The van der Waals surface area contributed by atoms with Gasteiger partial charge in [0.2, 0.25) is 0 Å². The smallest absolute Gasteiger partial charge is 0.0377 e. The molecule has 116 valence electrons. The van der Waals surface area contributed by atoms with Gasteiger partial charge in [-0.3, -0.25) is 0 Å². The minimum atomic E-state index is 0.0836. The molecule has 1 aromatic rings. The summed E-state index contributed by atoms with van der Waals surface area (Å²) in [4.78, 5) is 2.55. The fraction of sp³-hybridized carbons (Fsp3) is 0.667. The lowest BCUT2D eigenvalue weighted by Gasteiger charge is -2.45. The highest BCUT2D eigenvalue weighted by molar-refractivity contribution is 9.10. The van der Waals surface area contributed by atoms with E-state index >= 15 is 0 Å². The molecule has 1 aromatic carbocycles. The number of benzene rings is 1. The van der Waals surface area contributed by atoms with Crippen LogP contribution in [0.15, 0.2) is 22.7 Å². The molecular weight excluding hydrogens is 324 g/mol. The summed E-state index contributed by atoms with van der Waals surface area (Å²) in [5.41, 5.74) is 9.21. The molecule has 0 bridgehead atoms. The van der Waals surface area contributed by atoms with Crippen molar-refractivity contribution in [1.82, 2.24) is 0 Å². The predicted molar refractivity (Wildman–Crippen MR) is 93.7 cm³/mol. The van der Waals surface area contributed by atoms with E-state index < -0.39 is 0 Å². The van der Waals surface area contributed by atoms with Crippen molar-refractivity contribution in [3.8, 4) is 0 Å². The van der Waals surface area contributed by atoms with Gasteiger partial charge in [-0.2, -0.15) is 0 Å². The zero-order valence-corrected chi connectivity index (χ0v) is 14.7. The van der Waals surface area contributed by atoms with Crippen molar-refractivity contribution in [2.45, 2.75) is 57.9 Å². The Morgan fingerprint density at radius 1 is 1.10 bits per heavy atom. The molecule has 1 aliphatic heterocycles. The SMILES string of the molecule is C[C@H](N)c1ccc(N2CCC3(CCCCC3)CC2)cc1Br. The van der Waals surface area contributed by atoms with E-state index in [4.69, 9.17) is 5.73 Å². The summed E-state index contributed by atoms with van der Waals surface area (Å²) in [6, 6.07) is 6.75. The molecule has 2 nitrogen and oxygen atoms in total. The number of piperidine rings is 1. The molecule has 1 heterocycles. The number of anilines is 1. The first-order valence-corrected chi connectivity index (χ1v) is 9.19. The Morgan fingerprint density at radius 3 is 2.33 bits per heavy atom. The van der Waals surface area contributed by atoms with Gasteiger partial charge >= 0.3 is 0 Å². The monoisotopic (exact) mass is 350 g/mol. The first-order chi connectivity index (χ1) is 10.1. The lowest BCUT2D eigenvalue weighted by Crippen LogP contribution is -2.41. The minimum Gasteiger partial charge on any atom is -0.371 e. The molecule has 0 aromatic heterocycles. The maximum Gasteiger partial charge on any atom is 0.0377 e. The Morgan fingerprint density at radius 2 is 1.76 bits per heavy atom. The van der Waals surface area contributed by atoms with E-state index in [0.29, 0.717) is 5.41 Å². The van der Waals surface area contributed by atoms with Gasteiger partial charge in [0.05, 0.1) is 0 Å². The third-order valence-corrected chi connectivity index (χ3v) is 6.26. The summed E-state index contributed by atoms with van der Waals surface area (Å²) in [5, 5.41) is 0. The molecule has 3 heteroatoms. The van der Waals surface area contributed by atoms with Crippen LogP contribution in [0.25, 0.3) is 0 Å². The zero-order valence-electron chi connectivity index (χ0n) is 13.1. The number of hydrogen-bond donors (Lipinski definition) is 1. The molecule has 2 fully saturated rings. The standard InChI is InChI=1S/C18H27BrN2/c1-14(20)16-6-5-15(13-17(16)19)21-11-9-18(10-12-21)7-3-2-4-8-18/h5-6,13-14H,2-4,7-12,20H2,1H3/t14-/m0/s1. The lowest BCUT2D eigenvalue weighted by molar-refractivity contribution is 0.144. The highest BCUT2D eigenvalue weighted by atomic mass is 79.9. The van der Waals surface area contributed by atoms with Gasteiger partial charge in [0, 0.05) is 29.3 Å². The van der Waals surface area contributed by atoms with E-state index in [1.165, 1.54) is 69.3 Å². The average Bonchev–Trinajstić information content (AvgIpc) is 2.48. The van der Waals surface area contributed by atoms with Gasteiger partial charge in [-0.25, -0.2) is 0 Å². The molecule has 21 heavy (non-hydrogen) atoms. The number of rotatable bonds is 2. The second-order valence-corrected chi connectivity index (χ2v) is 7.90. The summed E-state index contributed by atoms with van der Waals surface area (Å²) in [6.45, 7) is 4.46. The van der Waals surface area contributed by atoms with Crippen molar-refractivity contribution in [1.29, 1.82) is 0 Å². The van der Waals surface area contributed by atoms with Crippen molar-refractivity contribution < 1.29 is 0 Å². The van der Waals surface area contributed by atoms with Gasteiger partial charge in [-0.1, -0.05) is 41.3 Å². The van der Waals surface area contributed by atoms with E-state index in [1.807, 2.05) is 6.92 Å². The Labute approximate surface area is 137 Å². The normalized spacial score (nSPS) is 23.3. The number of halogens is 1. The largest absolute Gasteiger partial charge is 0.371 e. The molecule has 0 unspecified atom stereocenters. The van der Waals surface area contributed by atoms with Crippen molar-refractivity contribution in [2.24, 2.45) is 11.1 Å². The van der Waals surface area contributed by atoms with Gasteiger partial charge < -0.3 is 10.6 Å². The van der Waals surface area contributed by atoms with E-state index in [-0.39, 0.29) is 6.04 Å². The van der Waals surface area contributed by atoms with Crippen molar-refractivity contribution >= 4 is 21.6 Å². The van der Waals surface area contributed by atoms with Gasteiger partial charge in [-0.15, -0.1) is 0 Å². The van der Waals surface area contributed by atoms with Crippen molar-refractivity contribution in [3.05, 3.63) is 28.2 Å². The molecule has 1 saturated carbocycles. The Bertz CT molecular complexity index is 482. The van der Waals surface area contributed by atoms with Crippen molar-refractivity contribution in [3.63, 3.8) is 0 Å². The maximum absolute atomic E-state index is 5.99. The molecule has 0 radical (unpaired) electrons. The average molecular weight is 351 g/mol. The van der Waals surface area contributed by atoms with Gasteiger partial charge in [0.25, 0.3) is 0 Å². The summed E-state index contributed by atoms with van der Waals surface area (Å²) >= 11 is 3.68. The van der Waals surface area contributed by atoms with Crippen LogP contribution in [0, 0.1) is 5.41 Å². The molecular formula is C18H27BrN2. The first kappa shape index (κ1) is 15.4. The van der Waals surface area contributed by atoms with Crippen LogP contribution >= 0.6 is 15.9 Å². The van der Waals surface area contributed by atoms with E-state index in [2.05, 4.69) is 39.0 Å². The van der Waals surface area contributed by atoms with Crippen LogP contribution in [0.3, 0.4) is 0 Å². The molecule has 2 aliphatic rings. The van der Waals surface area contributed by atoms with Crippen LogP contribution in [-0.2, 0) is 0 Å². The fourth-order valence-corrected chi connectivity index (χ4v) is 4.85. The molecule has 1 saturated heterocycles. The Hall–Kier alpha value is -0.540. The second kappa shape index (κ2) is 6.29. The third kappa shape index (κ3) is 3.29. The first-order valence-electron chi connectivity index (χ1n) is 8.40. The molecule has 1 spiro atoms. The van der Waals surface area contributed by atoms with Crippen LogP contribution in [0.1, 0.15) is 63.5 Å². The second-order valence-electron chi connectivity index (χ2n) is 7.04. The summed E-state index contributed by atoms with van der Waals surface area (Å²) in [6.07, 6.45) is 10.0. The summed E-state index contributed by atoms with van der Waals surface area (Å²) in [7, 11) is 0. The highest BCUT2D eigenvalue weighted by Crippen LogP contribution is 2.45. The van der Waals surface area contributed by atoms with Crippen LogP contribution in [-0.4, -0.2) is 13.1 Å².